The molecule has 3 nitrogen and oxygen atoms in total. The van der Waals surface area contributed by atoms with Gasteiger partial charge in [0.1, 0.15) is 6.04 Å². The smallest absolute Gasteiger partial charge is 0.320 e. The molecule has 2 fully saturated rings. The van der Waals surface area contributed by atoms with Gasteiger partial charge in [-0.3, -0.25) is 4.79 Å². The van der Waals surface area contributed by atoms with E-state index in [0.29, 0.717) is 6.04 Å². The Morgan fingerprint density at radius 2 is 1.88 bits per heavy atom. The van der Waals surface area contributed by atoms with Crippen molar-refractivity contribution in [2.75, 3.05) is 0 Å². The summed E-state index contributed by atoms with van der Waals surface area (Å²) in [5, 5.41) is 12.1. The molecule has 16 heavy (non-hydrogen) atoms. The Labute approximate surface area is 97.6 Å². The van der Waals surface area contributed by atoms with Crippen molar-refractivity contribution in [2.45, 2.75) is 64.0 Å². The van der Waals surface area contributed by atoms with Crippen molar-refractivity contribution in [1.29, 1.82) is 0 Å². The van der Waals surface area contributed by atoms with E-state index in [-0.39, 0.29) is 0 Å². The second-order valence-electron chi connectivity index (χ2n) is 5.54. The van der Waals surface area contributed by atoms with Gasteiger partial charge in [0.05, 0.1) is 0 Å². The fourth-order valence-corrected chi connectivity index (χ4v) is 3.45. The van der Waals surface area contributed by atoms with Crippen LogP contribution in [0.5, 0.6) is 0 Å². The first-order chi connectivity index (χ1) is 7.66. The van der Waals surface area contributed by atoms with Crippen molar-refractivity contribution < 1.29 is 9.90 Å². The molecule has 0 spiro atoms. The second-order valence-corrected chi connectivity index (χ2v) is 5.54. The van der Waals surface area contributed by atoms with Crippen molar-refractivity contribution in [3.05, 3.63) is 0 Å². The van der Waals surface area contributed by atoms with E-state index in [2.05, 4.69) is 5.32 Å². The summed E-state index contributed by atoms with van der Waals surface area (Å²) in [7, 11) is 0. The van der Waals surface area contributed by atoms with Crippen LogP contribution in [0.4, 0.5) is 0 Å². The topological polar surface area (TPSA) is 49.3 Å². The number of carbonyl (C=O) groups is 1. The molecule has 0 heterocycles. The Kier molecular flexibility index (Phi) is 3.85. The van der Waals surface area contributed by atoms with Crippen LogP contribution in [0, 0.1) is 11.8 Å². The number of carboxylic acids is 1. The molecule has 0 aliphatic heterocycles. The second kappa shape index (κ2) is 5.17. The lowest BCUT2D eigenvalue weighted by molar-refractivity contribution is -0.139. The van der Waals surface area contributed by atoms with Crippen LogP contribution >= 0.6 is 0 Å². The van der Waals surface area contributed by atoms with Gasteiger partial charge < -0.3 is 10.4 Å². The van der Waals surface area contributed by atoms with E-state index in [1.165, 1.54) is 44.9 Å². The van der Waals surface area contributed by atoms with Crippen molar-refractivity contribution in [3.8, 4) is 0 Å². The van der Waals surface area contributed by atoms with Gasteiger partial charge in [-0.05, 0) is 38.0 Å². The molecule has 2 rings (SSSR count). The van der Waals surface area contributed by atoms with E-state index in [1.54, 1.807) is 6.92 Å². The predicted molar refractivity (Wildman–Crippen MR) is 63.3 cm³/mol. The van der Waals surface area contributed by atoms with Crippen molar-refractivity contribution in [3.63, 3.8) is 0 Å². The third-order valence-corrected chi connectivity index (χ3v) is 4.40. The first-order valence-corrected chi connectivity index (χ1v) is 6.65. The zero-order valence-electron chi connectivity index (χ0n) is 10.1. The molecule has 92 valence electrons. The SMILES string of the molecule is CC(NC1CCC2CCCCC2C1)C(=O)O. The molecule has 0 amide bonds. The van der Waals surface area contributed by atoms with Crippen LogP contribution in [0.2, 0.25) is 0 Å². The lowest BCUT2D eigenvalue weighted by Gasteiger charge is -2.40. The summed E-state index contributed by atoms with van der Waals surface area (Å²) < 4.78 is 0. The zero-order chi connectivity index (χ0) is 11.5. The maximum absolute atomic E-state index is 10.8. The van der Waals surface area contributed by atoms with Gasteiger partial charge in [-0.25, -0.2) is 0 Å². The average molecular weight is 225 g/mol. The van der Waals surface area contributed by atoms with Crippen LogP contribution in [0.3, 0.4) is 0 Å². The van der Waals surface area contributed by atoms with Gasteiger partial charge >= 0.3 is 5.97 Å². The predicted octanol–water partition coefficient (Wildman–Crippen LogP) is 2.41. The monoisotopic (exact) mass is 225 g/mol. The van der Waals surface area contributed by atoms with Gasteiger partial charge in [-0.1, -0.05) is 25.7 Å². The third-order valence-electron chi connectivity index (χ3n) is 4.40. The minimum atomic E-state index is -0.731. The molecular weight excluding hydrogens is 202 g/mol. The summed E-state index contributed by atoms with van der Waals surface area (Å²) in [4.78, 5) is 10.8. The quantitative estimate of drug-likeness (QED) is 0.775. The van der Waals surface area contributed by atoms with Gasteiger partial charge in [0.2, 0.25) is 0 Å². The highest BCUT2D eigenvalue weighted by Gasteiger charge is 2.32. The Morgan fingerprint density at radius 3 is 2.56 bits per heavy atom. The number of hydrogen-bond acceptors (Lipinski definition) is 2. The van der Waals surface area contributed by atoms with Crippen LogP contribution in [-0.2, 0) is 4.79 Å². The Balaban J connectivity index is 1.83. The van der Waals surface area contributed by atoms with Gasteiger partial charge in [-0.2, -0.15) is 0 Å². The van der Waals surface area contributed by atoms with Crippen molar-refractivity contribution in [2.24, 2.45) is 11.8 Å². The lowest BCUT2D eigenvalue weighted by atomic mass is 9.69. The summed E-state index contributed by atoms with van der Waals surface area (Å²) in [6.45, 7) is 1.75. The highest BCUT2D eigenvalue weighted by molar-refractivity contribution is 5.72. The summed E-state index contributed by atoms with van der Waals surface area (Å²) in [5.41, 5.74) is 0. The molecule has 2 aliphatic carbocycles. The number of nitrogens with one attached hydrogen (secondary N) is 1. The zero-order valence-corrected chi connectivity index (χ0v) is 10.1. The minimum absolute atomic E-state index is 0.398. The molecule has 2 aliphatic rings. The number of carboxylic acid groups (broad SMARTS) is 1. The van der Waals surface area contributed by atoms with E-state index in [4.69, 9.17) is 5.11 Å². The van der Waals surface area contributed by atoms with Crippen LogP contribution in [-0.4, -0.2) is 23.2 Å². The van der Waals surface area contributed by atoms with Gasteiger partial charge in [0.25, 0.3) is 0 Å². The highest BCUT2D eigenvalue weighted by Crippen LogP contribution is 2.40. The minimum Gasteiger partial charge on any atom is -0.480 e. The number of fused-ring (bicyclic) bond motifs is 1. The maximum atomic E-state index is 10.8. The molecule has 4 unspecified atom stereocenters. The van der Waals surface area contributed by atoms with Crippen LogP contribution < -0.4 is 5.32 Å². The number of aliphatic carboxylic acids is 1. The molecule has 0 radical (unpaired) electrons. The van der Waals surface area contributed by atoms with Crippen LogP contribution in [0.1, 0.15) is 51.9 Å². The Bertz CT molecular complexity index is 254. The molecule has 0 aromatic rings. The van der Waals surface area contributed by atoms with Gasteiger partial charge in [0, 0.05) is 6.04 Å². The summed E-state index contributed by atoms with van der Waals surface area (Å²) in [6.07, 6.45) is 9.22. The van der Waals surface area contributed by atoms with E-state index in [0.717, 1.165) is 11.8 Å². The molecule has 0 aromatic heterocycles. The van der Waals surface area contributed by atoms with Crippen molar-refractivity contribution in [1.82, 2.24) is 5.32 Å². The van der Waals surface area contributed by atoms with Crippen molar-refractivity contribution >= 4 is 5.97 Å². The summed E-state index contributed by atoms with van der Waals surface area (Å²) >= 11 is 0. The first-order valence-electron chi connectivity index (χ1n) is 6.65. The summed E-state index contributed by atoms with van der Waals surface area (Å²) in [5.74, 6) is 1.07. The fourth-order valence-electron chi connectivity index (χ4n) is 3.45. The molecule has 2 N–H and O–H groups in total. The molecule has 3 heteroatoms. The first kappa shape index (κ1) is 11.9. The van der Waals surface area contributed by atoms with E-state index < -0.39 is 12.0 Å². The van der Waals surface area contributed by atoms with E-state index in [9.17, 15) is 4.79 Å². The number of rotatable bonds is 3. The summed E-state index contributed by atoms with van der Waals surface area (Å²) in [6, 6.07) is 0.0376. The largest absolute Gasteiger partial charge is 0.480 e. The highest BCUT2D eigenvalue weighted by atomic mass is 16.4. The van der Waals surface area contributed by atoms with Gasteiger partial charge in [0.15, 0.2) is 0 Å². The average Bonchev–Trinajstić information content (AvgIpc) is 2.28. The maximum Gasteiger partial charge on any atom is 0.320 e. The molecular formula is C13H23NO2. The normalized spacial score (nSPS) is 36.4. The Hall–Kier alpha value is -0.570. The number of hydrogen-bond donors (Lipinski definition) is 2. The third kappa shape index (κ3) is 2.76. The Morgan fingerprint density at radius 1 is 1.19 bits per heavy atom. The standard InChI is InChI=1S/C13H23NO2/c1-9(13(15)16)14-12-7-6-10-4-2-3-5-11(10)8-12/h9-12,14H,2-8H2,1H3,(H,15,16). The van der Waals surface area contributed by atoms with Crippen LogP contribution in [0.15, 0.2) is 0 Å². The van der Waals surface area contributed by atoms with Gasteiger partial charge in [-0.15, -0.1) is 0 Å². The fraction of sp³-hybridized carbons (Fsp3) is 0.923. The molecule has 4 atom stereocenters. The molecule has 0 saturated heterocycles. The van der Waals surface area contributed by atoms with E-state index in [1.807, 2.05) is 0 Å². The van der Waals surface area contributed by atoms with E-state index >= 15 is 0 Å². The lowest BCUT2D eigenvalue weighted by Crippen LogP contribution is -2.45. The molecule has 2 saturated carbocycles. The molecule has 0 aromatic carbocycles. The van der Waals surface area contributed by atoms with Crippen LogP contribution in [0.25, 0.3) is 0 Å². The molecule has 0 bridgehead atoms.